The van der Waals surface area contributed by atoms with Gasteiger partial charge in [-0.2, -0.15) is 13.2 Å². The van der Waals surface area contributed by atoms with Gasteiger partial charge in [0.1, 0.15) is 17.2 Å². The molecule has 38 heavy (non-hydrogen) atoms. The molecule has 0 saturated carbocycles. The molecule has 0 spiro atoms. The Bertz CT molecular complexity index is 1540. The Balaban J connectivity index is 1.80. The third-order valence-corrected chi connectivity index (χ3v) is 6.81. The van der Waals surface area contributed by atoms with E-state index in [1.807, 2.05) is 5.10 Å². The summed E-state index contributed by atoms with van der Waals surface area (Å²) in [4.78, 5) is 22.8. The number of halogens is 4. The van der Waals surface area contributed by atoms with Gasteiger partial charge in [0.15, 0.2) is 6.10 Å². The fourth-order valence-corrected chi connectivity index (χ4v) is 4.99. The minimum atomic E-state index is -5.16. The zero-order valence-corrected chi connectivity index (χ0v) is 20.7. The first kappa shape index (κ1) is 27.0. The Morgan fingerprint density at radius 2 is 1.89 bits per heavy atom. The second-order valence-electron chi connectivity index (χ2n) is 9.04. The van der Waals surface area contributed by atoms with E-state index in [1.165, 1.54) is 18.2 Å². The number of amides is 1. The first-order valence-corrected chi connectivity index (χ1v) is 12.2. The number of fused-ring (bicyclic) bond motifs is 1. The van der Waals surface area contributed by atoms with Crippen molar-refractivity contribution in [2.24, 2.45) is 0 Å². The highest BCUT2D eigenvalue weighted by atomic mass is 32.2. The molecule has 2 aromatic carbocycles. The Labute approximate surface area is 212 Å². The highest BCUT2D eigenvalue weighted by molar-refractivity contribution is 7.92. The first-order chi connectivity index (χ1) is 17.5. The van der Waals surface area contributed by atoms with Gasteiger partial charge in [-0.3, -0.25) is 9.62 Å². The number of alkyl halides is 3. The van der Waals surface area contributed by atoms with Gasteiger partial charge in [0.05, 0.1) is 22.7 Å². The molecule has 1 aromatic heterocycles. The summed E-state index contributed by atoms with van der Waals surface area (Å²) >= 11 is 0. The third-order valence-electron chi connectivity index (χ3n) is 5.04. The van der Waals surface area contributed by atoms with Crippen molar-refractivity contribution in [2.45, 2.75) is 43.5 Å². The fraction of sp³-hybridized carbons (Fsp3) is 0.318. The summed E-state index contributed by atoms with van der Waals surface area (Å²) in [5.74, 6) is -3.02. The molecule has 0 saturated heterocycles. The molecule has 16 heteroatoms. The number of carbonyl (C=O) groups excluding carboxylic acids is 1. The van der Waals surface area contributed by atoms with E-state index in [4.69, 9.17) is 13.9 Å². The van der Waals surface area contributed by atoms with Gasteiger partial charge < -0.3 is 13.9 Å². The number of H-pyrrole nitrogens is 1. The van der Waals surface area contributed by atoms with Crippen molar-refractivity contribution in [1.29, 1.82) is 0 Å². The van der Waals surface area contributed by atoms with E-state index in [9.17, 15) is 35.6 Å². The number of nitrogens with one attached hydrogen (secondary N) is 2. The second-order valence-corrected chi connectivity index (χ2v) is 10.9. The maximum Gasteiger partial charge on any atom is 0.434 e. The minimum absolute atomic E-state index is 0.0710. The molecule has 11 nitrogen and oxygen atoms in total. The summed E-state index contributed by atoms with van der Waals surface area (Å²) in [7, 11) is -4.80. The number of hydrogen-bond donors (Lipinski definition) is 2. The summed E-state index contributed by atoms with van der Waals surface area (Å²) in [5.41, 5.74) is -2.72. The van der Waals surface area contributed by atoms with Crippen LogP contribution in [0, 0.1) is 5.82 Å². The molecule has 204 valence electrons. The van der Waals surface area contributed by atoms with Crippen LogP contribution in [0.25, 0.3) is 0 Å². The van der Waals surface area contributed by atoms with Gasteiger partial charge >= 0.3 is 18.0 Å². The number of carbonyl (C=O) groups is 1. The molecule has 2 heterocycles. The average molecular weight is 560 g/mol. The van der Waals surface area contributed by atoms with Gasteiger partial charge in [-0.05, 0) is 57.2 Å². The molecule has 0 unspecified atom stereocenters. The van der Waals surface area contributed by atoms with Gasteiger partial charge in [0, 0.05) is 5.69 Å². The quantitative estimate of drug-likeness (QED) is 0.452. The van der Waals surface area contributed by atoms with E-state index in [-0.39, 0.29) is 29.1 Å². The molecule has 4 rings (SSSR count). The molecule has 2 N–H and O–H groups in total. The van der Waals surface area contributed by atoms with Crippen LogP contribution in [0.4, 0.5) is 33.7 Å². The molecule has 0 aliphatic carbocycles. The molecular weight excluding hydrogens is 540 g/mol. The summed E-state index contributed by atoms with van der Waals surface area (Å²) in [6.45, 7) is 4.30. The maximum atomic E-state index is 13.9. The van der Waals surface area contributed by atoms with Crippen LogP contribution in [-0.2, 0) is 20.9 Å². The number of aromatic amines is 1. The van der Waals surface area contributed by atoms with E-state index in [0.29, 0.717) is 16.4 Å². The monoisotopic (exact) mass is 560 g/mol. The number of aromatic nitrogens is 2. The maximum absolute atomic E-state index is 13.9. The number of benzene rings is 2. The van der Waals surface area contributed by atoms with Crippen molar-refractivity contribution in [1.82, 2.24) is 10.2 Å². The average Bonchev–Trinajstić information content (AvgIpc) is 3.22. The molecule has 0 radical (unpaired) electrons. The van der Waals surface area contributed by atoms with Crippen LogP contribution in [0.3, 0.4) is 0 Å². The van der Waals surface area contributed by atoms with Crippen LogP contribution >= 0.6 is 0 Å². The number of nitrogens with zero attached hydrogens (tertiary/aromatic N) is 2. The fourth-order valence-electron chi connectivity index (χ4n) is 3.50. The predicted octanol–water partition coefficient (Wildman–Crippen LogP) is 4.20. The van der Waals surface area contributed by atoms with Gasteiger partial charge in [0.25, 0.3) is 15.9 Å². The summed E-state index contributed by atoms with van der Waals surface area (Å²) in [5, 5.41) is 8.06. The van der Waals surface area contributed by atoms with Crippen LogP contribution < -0.4 is 20.1 Å². The normalized spacial score (nSPS) is 16.0. The lowest BCUT2D eigenvalue weighted by atomic mass is 10.2. The Hall–Kier alpha value is -4.08. The highest BCUT2D eigenvalue weighted by Gasteiger charge is 2.40. The second kappa shape index (κ2) is 9.34. The van der Waals surface area contributed by atoms with Gasteiger partial charge in [-0.15, -0.1) is 5.10 Å². The SMILES string of the molecule is CC(C)(C)OC(=O)Nc1ccc2c(c1)N(S(=O)(=O)c1ccc(F)c(C(F)(F)F)c1)C[C@H](c1n[nH]c(=O)o1)O2. The van der Waals surface area contributed by atoms with Crippen LogP contribution in [-0.4, -0.2) is 36.9 Å². The van der Waals surface area contributed by atoms with Crippen LogP contribution in [0.2, 0.25) is 0 Å². The van der Waals surface area contributed by atoms with E-state index in [0.717, 1.165) is 0 Å². The zero-order valence-electron chi connectivity index (χ0n) is 19.9. The summed E-state index contributed by atoms with van der Waals surface area (Å²) < 4.78 is 97.4. The topological polar surface area (TPSA) is 144 Å². The molecule has 3 aromatic rings. The van der Waals surface area contributed by atoms with Crippen LogP contribution in [0.15, 0.2) is 50.5 Å². The Morgan fingerprint density at radius 1 is 1.18 bits per heavy atom. The molecular formula is C22H20F4N4O7S. The number of anilines is 2. The van der Waals surface area contributed by atoms with Crippen molar-refractivity contribution in [2.75, 3.05) is 16.2 Å². The molecule has 1 aliphatic heterocycles. The van der Waals surface area contributed by atoms with E-state index >= 15 is 0 Å². The Morgan fingerprint density at radius 3 is 2.50 bits per heavy atom. The summed E-state index contributed by atoms with van der Waals surface area (Å²) in [6, 6.07) is 5.08. The lowest BCUT2D eigenvalue weighted by molar-refractivity contribution is -0.140. The van der Waals surface area contributed by atoms with Gasteiger partial charge in [-0.1, -0.05) is 0 Å². The van der Waals surface area contributed by atoms with Gasteiger partial charge in [-0.25, -0.2) is 27.5 Å². The van der Waals surface area contributed by atoms with Crippen LogP contribution in [0.5, 0.6) is 5.75 Å². The van der Waals surface area contributed by atoms with Crippen molar-refractivity contribution >= 4 is 27.5 Å². The van der Waals surface area contributed by atoms with Gasteiger partial charge in [0.2, 0.25) is 0 Å². The first-order valence-electron chi connectivity index (χ1n) is 10.8. The lowest BCUT2D eigenvalue weighted by Gasteiger charge is -2.34. The lowest BCUT2D eigenvalue weighted by Crippen LogP contribution is -2.40. The van der Waals surface area contributed by atoms with E-state index in [1.54, 1.807) is 20.8 Å². The number of hydrogen-bond acceptors (Lipinski definition) is 8. The molecule has 0 fully saturated rings. The van der Waals surface area contributed by atoms with E-state index in [2.05, 4.69) is 10.4 Å². The van der Waals surface area contributed by atoms with Crippen LogP contribution in [0.1, 0.15) is 38.3 Å². The van der Waals surface area contributed by atoms with Crippen molar-refractivity contribution in [3.8, 4) is 5.75 Å². The van der Waals surface area contributed by atoms with Crippen molar-refractivity contribution < 1.29 is 44.7 Å². The standard InChI is InChI=1S/C22H20F4N4O7S/c1-21(2,3)37-19(31)27-11-4-7-16-15(8-11)30(10-17(35-16)18-28-29-20(32)36-18)38(33,34)12-5-6-14(23)13(9-12)22(24,25)26/h4-9,17H,10H2,1-3H3,(H,27,31)(H,29,32)/t17-/m1/s1. The zero-order chi connectivity index (χ0) is 28.0. The van der Waals surface area contributed by atoms with Crippen molar-refractivity contribution in [3.63, 3.8) is 0 Å². The number of rotatable bonds is 4. The molecule has 0 bridgehead atoms. The van der Waals surface area contributed by atoms with Crippen molar-refractivity contribution in [3.05, 3.63) is 64.2 Å². The Kier molecular flexibility index (Phi) is 6.63. The predicted molar refractivity (Wildman–Crippen MR) is 123 cm³/mol. The molecule has 1 aliphatic rings. The number of ether oxygens (including phenoxy) is 2. The smallest absolute Gasteiger partial charge is 0.434 e. The third kappa shape index (κ3) is 5.58. The number of sulfonamides is 1. The highest BCUT2D eigenvalue weighted by Crippen LogP contribution is 2.43. The minimum Gasteiger partial charge on any atom is -0.476 e. The molecule has 1 amide bonds. The summed E-state index contributed by atoms with van der Waals surface area (Å²) in [6.07, 6.45) is -7.30. The largest absolute Gasteiger partial charge is 0.476 e. The molecule has 1 atom stereocenters. The van der Waals surface area contributed by atoms with E-state index < -0.39 is 62.6 Å².